The van der Waals surface area contributed by atoms with Gasteiger partial charge in [-0.2, -0.15) is 0 Å². The Morgan fingerprint density at radius 1 is 1.03 bits per heavy atom. The molecule has 0 aliphatic rings. The van der Waals surface area contributed by atoms with Crippen molar-refractivity contribution in [1.82, 2.24) is 9.97 Å². The number of anilines is 1. The zero-order valence-electron chi connectivity index (χ0n) is 18.1. The Morgan fingerprint density at radius 3 is 2.44 bits per heavy atom. The van der Waals surface area contributed by atoms with Crippen molar-refractivity contribution in [2.75, 3.05) is 25.4 Å². The number of carbonyl (C=O) groups excluding carboxylic acids is 1. The van der Waals surface area contributed by atoms with E-state index in [0.717, 1.165) is 15.8 Å². The lowest BCUT2D eigenvalue weighted by atomic mass is 10.1. The predicted octanol–water partition coefficient (Wildman–Crippen LogP) is 5.21. The number of fused-ring (bicyclic) bond motifs is 1. The van der Waals surface area contributed by atoms with Crippen LogP contribution in [0.1, 0.15) is 11.1 Å². The summed E-state index contributed by atoms with van der Waals surface area (Å²) in [4.78, 5) is 25.3. The monoisotopic (exact) mass is 465 g/mol. The number of nitrogens with zero attached hydrogens (tertiary/aromatic N) is 3. The minimum absolute atomic E-state index is 0.0391. The van der Waals surface area contributed by atoms with Gasteiger partial charge >= 0.3 is 0 Å². The molecular weight excluding hydrogens is 442 g/mol. The number of rotatable bonds is 8. The summed E-state index contributed by atoms with van der Waals surface area (Å²) < 4.78 is 11.8. The largest absolute Gasteiger partial charge is 0.495 e. The van der Waals surface area contributed by atoms with Gasteiger partial charge in [0, 0.05) is 17.3 Å². The molecule has 164 valence electrons. The highest BCUT2D eigenvalue weighted by Gasteiger charge is 2.23. The molecule has 2 heterocycles. The number of ether oxygens (including phenoxy) is 2. The van der Waals surface area contributed by atoms with Crippen LogP contribution >= 0.6 is 23.1 Å². The van der Waals surface area contributed by atoms with E-state index in [0.29, 0.717) is 28.7 Å². The highest BCUT2D eigenvalue weighted by molar-refractivity contribution is 7.98. The number of methoxy groups -OCH3 is 2. The van der Waals surface area contributed by atoms with E-state index < -0.39 is 0 Å². The molecule has 4 rings (SSSR count). The van der Waals surface area contributed by atoms with Gasteiger partial charge in [-0.15, -0.1) is 11.8 Å². The molecular formula is C24H23N3O3S2. The minimum atomic E-state index is -0.0391. The van der Waals surface area contributed by atoms with Gasteiger partial charge in [0.2, 0.25) is 5.91 Å². The van der Waals surface area contributed by atoms with Crippen LogP contribution in [-0.2, 0) is 17.8 Å². The van der Waals surface area contributed by atoms with Crippen LogP contribution in [-0.4, -0.2) is 36.4 Å². The molecule has 0 radical (unpaired) electrons. The predicted molar refractivity (Wildman–Crippen MR) is 130 cm³/mol. The van der Waals surface area contributed by atoms with E-state index >= 15 is 0 Å². The van der Waals surface area contributed by atoms with Crippen LogP contribution in [0.2, 0.25) is 0 Å². The molecule has 4 aromatic rings. The Kier molecular flexibility index (Phi) is 6.92. The summed E-state index contributed by atoms with van der Waals surface area (Å²) in [5.74, 6) is 1.30. The first-order chi connectivity index (χ1) is 15.6. The van der Waals surface area contributed by atoms with E-state index in [1.165, 1.54) is 16.2 Å². The topological polar surface area (TPSA) is 64.6 Å². The lowest BCUT2D eigenvalue weighted by molar-refractivity contribution is -0.118. The molecule has 8 heteroatoms. The fraction of sp³-hybridized carbons (Fsp3) is 0.208. The first-order valence-electron chi connectivity index (χ1n) is 9.96. The molecule has 0 bridgehead atoms. The number of aromatic nitrogens is 2. The van der Waals surface area contributed by atoms with Crippen LogP contribution < -0.4 is 14.4 Å². The Labute approximate surface area is 195 Å². The zero-order chi connectivity index (χ0) is 22.5. The van der Waals surface area contributed by atoms with Crippen molar-refractivity contribution in [2.45, 2.75) is 17.9 Å². The van der Waals surface area contributed by atoms with Gasteiger partial charge < -0.3 is 9.47 Å². The van der Waals surface area contributed by atoms with Gasteiger partial charge in [0.15, 0.2) is 5.13 Å². The number of carbonyl (C=O) groups is 1. The summed E-state index contributed by atoms with van der Waals surface area (Å²) in [6.07, 6.45) is 5.79. The Morgan fingerprint density at radius 2 is 1.78 bits per heavy atom. The zero-order valence-corrected chi connectivity index (χ0v) is 19.7. The van der Waals surface area contributed by atoms with Crippen LogP contribution in [0, 0.1) is 0 Å². The van der Waals surface area contributed by atoms with Gasteiger partial charge in [0.1, 0.15) is 21.7 Å². The van der Waals surface area contributed by atoms with Gasteiger partial charge in [-0.1, -0.05) is 29.5 Å². The third-order valence-electron chi connectivity index (χ3n) is 5.01. The Bertz CT molecular complexity index is 1170. The molecule has 0 spiro atoms. The van der Waals surface area contributed by atoms with Crippen molar-refractivity contribution < 1.29 is 14.3 Å². The molecule has 32 heavy (non-hydrogen) atoms. The van der Waals surface area contributed by atoms with E-state index in [9.17, 15) is 4.79 Å². The smallest absolute Gasteiger partial charge is 0.233 e. The van der Waals surface area contributed by atoms with E-state index in [-0.39, 0.29) is 12.3 Å². The summed E-state index contributed by atoms with van der Waals surface area (Å²) in [6, 6.07) is 15.6. The normalized spacial score (nSPS) is 10.8. The minimum Gasteiger partial charge on any atom is -0.495 e. The van der Waals surface area contributed by atoms with Gasteiger partial charge in [-0.3, -0.25) is 14.7 Å². The van der Waals surface area contributed by atoms with Crippen LogP contribution in [0.15, 0.2) is 65.8 Å². The number of benzene rings is 2. The third kappa shape index (κ3) is 4.71. The standard InChI is InChI=1S/C24H23N3O3S2/c1-29-19-10-11-20(30-2)23-22(19)26-24(32-23)27(15-17-5-4-12-25-14-17)21(28)13-16-6-8-18(31-3)9-7-16/h4-12,14H,13,15H2,1-3H3. The summed E-state index contributed by atoms with van der Waals surface area (Å²) in [5.41, 5.74) is 2.57. The van der Waals surface area contributed by atoms with Gasteiger partial charge in [0.25, 0.3) is 0 Å². The van der Waals surface area contributed by atoms with E-state index in [1.54, 1.807) is 43.3 Å². The summed E-state index contributed by atoms with van der Waals surface area (Å²) in [7, 11) is 3.23. The summed E-state index contributed by atoms with van der Waals surface area (Å²) in [5, 5.41) is 0.595. The fourth-order valence-corrected chi connectivity index (χ4v) is 4.84. The maximum Gasteiger partial charge on any atom is 0.233 e. The lowest BCUT2D eigenvalue weighted by Gasteiger charge is -2.20. The van der Waals surface area contributed by atoms with Crippen molar-refractivity contribution >= 4 is 44.4 Å². The highest BCUT2D eigenvalue weighted by atomic mass is 32.2. The van der Waals surface area contributed by atoms with Gasteiger partial charge in [0.05, 0.1) is 27.2 Å². The average molecular weight is 466 g/mol. The SMILES string of the molecule is COc1ccc(OC)c2sc(N(Cc3cccnc3)C(=O)Cc3ccc(SC)cc3)nc12. The number of thiazole rings is 1. The molecule has 0 aliphatic heterocycles. The maximum atomic E-state index is 13.5. The second-order valence-corrected chi connectivity index (χ2v) is 8.87. The van der Waals surface area contributed by atoms with Crippen molar-refractivity contribution in [3.05, 3.63) is 72.1 Å². The fourth-order valence-electron chi connectivity index (χ4n) is 3.34. The van der Waals surface area contributed by atoms with Crippen molar-refractivity contribution in [3.63, 3.8) is 0 Å². The van der Waals surface area contributed by atoms with Crippen molar-refractivity contribution in [3.8, 4) is 11.5 Å². The second-order valence-electron chi connectivity index (χ2n) is 7.01. The van der Waals surface area contributed by atoms with Crippen molar-refractivity contribution in [2.24, 2.45) is 0 Å². The maximum absolute atomic E-state index is 13.5. The van der Waals surface area contributed by atoms with E-state index in [1.807, 2.05) is 54.8 Å². The van der Waals surface area contributed by atoms with Gasteiger partial charge in [-0.05, 0) is 47.7 Å². The molecule has 1 amide bonds. The molecule has 2 aromatic heterocycles. The van der Waals surface area contributed by atoms with E-state index in [2.05, 4.69) is 4.98 Å². The molecule has 0 atom stereocenters. The van der Waals surface area contributed by atoms with Crippen LogP contribution in [0.5, 0.6) is 11.5 Å². The van der Waals surface area contributed by atoms with Gasteiger partial charge in [-0.25, -0.2) is 4.98 Å². The number of hydrogen-bond donors (Lipinski definition) is 0. The third-order valence-corrected chi connectivity index (χ3v) is 6.85. The molecule has 0 saturated carbocycles. The van der Waals surface area contributed by atoms with Crippen LogP contribution in [0.25, 0.3) is 10.2 Å². The number of thioether (sulfide) groups is 1. The molecule has 0 aliphatic carbocycles. The summed E-state index contributed by atoms with van der Waals surface area (Å²) in [6.45, 7) is 0.375. The Hall–Kier alpha value is -3.10. The average Bonchev–Trinajstić information content (AvgIpc) is 3.28. The van der Waals surface area contributed by atoms with E-state index in [4.69, 9.17) is 14.5 Å². The second kappa shape index (κ2) is 10.0. The highest BCUT2D eigenvalue weighted by Crippen LogP contribution is 2.40. The molecule has 0 saturated heterocycles. The number of amides is 1. The number of pyridine rings is 1. The molecule has 0 unspecified atom stereocenters. The first kappa shape index (κ1) is 22.1. The van der Waals surface area contributed by atoms with Crippen LogP contribution in [0.3, 0.4) is 0 Å². The molecule has 6 nitrogen and oxygen atoms in total. The molecule has 0 N–H and O–H groups in total. The lowest BCUT2D eigenvalue weighted by Crippen LogP contribution is -2.31. The number of hydrogen-bond acceptors (Lipinski definition) is 7. The summed E-state index contributed by atoms with van der Waals surface area (Å²) >= 11 is 3.09. The van der Waals surface area contributed by atoms with Crippen molar-refractivity contribution in [1.29, 1.82) is 0 Å². The molecule has 0 fully saturated rings. The quantitative estimate of drug-likeness (QED) is 0.333. The molecule has 2 aromatic carbocycles. The van der Waals surface area contributed by atoms with Crippen LogP contribution in [0.4, 0.5) is 5.13 Å². The first-order valence-corrected chi connectivity index (χ1v) is 12.0. The Balaban J connectivity index is 1.72.